The number of hydrogen-bond acceptors (Lipinski definition) is 2. The van der Waals surface area contributed by atoms with E-state index in [1.165, 1.54) is 18.2 Å². The number of thioether (sulfide) groups is 1. The molecule has 1 rings (SSSR count). The van der Waals surface area contributed by atoms with Gasteiger partial charge in [-0.15, -0.1) is 0 Å². The summed E-state index contributed by atoms with van der Waals surface area (Å²) < 4.78 is 36.6. The Balaban J connectivity index is 2.87. The summed E-state index contributed by atoms with van der Waals surface area (Å²) in [5, 5.41) is 0.151. The summed E-state index contributed by atoms with van der Waals surface area (Å²) in [4.78, 5) is 11.2. The fourth-order valence-electron chi connectivity index (χ4n) is 1.13. The van der Waals surface area contributed by atoms with Gasteiger partial charge in [-0.25, -0.2) is 0 Å². The number of alkyl halides is 4. The van der Waals surface area contributed by atoms with Crippen molar-refractivity contribution in [2.45, 2.75) is 16.8 Å². The quantitative estimate of drug-likeness (QED) is 0.621. The van der Waals surface area contributed by atoms with Gasteiger partial charge in [0.15, 0.2) is 0 Å². The molecule has 0 aromatic heterocycles. The molecule has 1 nitrogen and oxygen atoms in total. The zero-order valence-corrected chi connectivity index (χ0v) is 10.5. The van der Waals surface area contributed by atoms with Crippen molar-refractivity contribution >= 4 is 33.5 Å². The standard InChI is InChI=1S/C10H8BrF3OS/c11-6-8(15)5-7-3-1-2-4-9(7)16-10(12,13)14/h1-4H,5-6H2. The number of hydrogen-bond donors (Lipinski definition) is 0. The highest BCUT2D eigenvalue weighted by atomic mass is 79.9. The zero-order chi connectivity index (χ0) is 12.2. The van der Waals surface area contributed by atoms with E-state index in [0.717, 1.165) is 0 Å². The third kappa shape index (κ3) is 4.57. The van der Waals surface area contributed by atoms with E-state index in [-0.39, 0.29) is 34.2 Å². The Labute approximate surface area is 104 Å². The van der Waals surface area contributed by atoms with Gasteiger partial charge in [-0.05, 0) is 23.4 Å². The Morgan fingerprint density at radius 2 is 1.94 bits per heavy atom. The lowest BCUT2D eigenvalue weighted by Gasteiger charge is -2.09. The molecule has 0 radical (unpaired) electrons. The van der Waals surface area contributed by atoms with E-state index in [2.05, 4.69) is 15.9 Å². The van der Waals surface area contributed by atoms with Gasteiger partial charge < -0.3 is 0 Å². The molecule has 88 valence electrons. The molecular formula is C10H8BrF3OS. The van der Waals surface area contributed by atoms with Gasteiger partial charge in [0.2, 0.25) is 0 Å². The van der Waals surface area contributed by atoms with Crippen LogP contribution in [0.15, 0.2) is 29.2 Å². The molecule has 0 aliphatic rings. The van der Waals surface area contributed by atoms with Gasteiger partial charge in [0, 0.05) is 11.3 Å². The van der Waals surface area contributed by atoms with Crippen LogP contribution in [0, 0.1) is 0 Å². The van der Waals surface area contributed by atoms with Crippen molar-refractivity contribution in [2.75, 3.05) is 5.33 Å². The first kappa shape index (κ1) is 13.6. The fourth-order valence-corrected chi connectivity index (χ4v) is 2.00. The minimum absolute atomic E-state index is 0.0184. The van der Waals surface area contributed by atoms with Crippen LogP contribution in [-0.4, -0.2) is 16.6 Å². The second-order valence-electron chi connectivity index (χ2n) is 3.00. The highest BCUT2D eigenvalue weighted by molar-refractivity contribution is 9.09. The van der Waals surface area contributed by atoms with E-state index >= 15 is 0 Å². The van der Waals surface area contributed by atoms with Gasteiger partial charge in [0.05, 0.1) is 5.33 Å². The van der Waals surface area contributed by atoms with Gasteiger partial charge >= 0.3 is 5.51 Å². The van der Waals surface area contributed by atoms with Crippen LogP contribution >= 0.6 is 27.7 Å². The maximum absolute atomic E-state index is 12.2. The average Bonchev–Trinajstić information content (AvgIpc) is 2.18. The molecule has 0 saturated carbocycles. The van der Waals surface area contributed by atoms with E-state index < -0.39 is 5.51 Å². The first-order valence-electron chi connectivity index (χ1n) is 4.33. The molecule has 0 heterocycles. The highest BCUT2D eigenvalue weighted by Crippen LogP contribution is 2.38. The number of halogens is 4. The lowest BCUT2D eigenvalue weighted by Crippen LogP contribution is -2.06. The summed E-state index contributed by atoms with van der Waals surface area (Å²) in [6.07, 6.45) is 0.0184. The van der Waals surface area contributed by atoms with E-state index in [0.29, 0.717) is 5.56 Å². The third-order valence-corrected chi connectivity index (χ3v) is 3.21. The van der Waals surface area contributed by atoms with Crippen LogP contribution < -0.4 is 0 Å². The number of rotatable bonds is 4. The molecule has 0 saturated heterocycles. The van der Waals surface area contributed by atoms with Gasteiger partial charge in [-0.3, -0.25) is 4.79 Å². The molecule has 0 aliphatic heterocycles. The minimum Gasteiger partial charge on any atom is -0.298 e. The van der Waals surface area contributed by atoms with Crippen LogP contribution in [0.4, 0.5) is 13.2 Å². The SMILES string of the molecule is O=C(CBr)Cc1ccccc1SC(F)(F)F. The van der Waals surface area contributed by atoms with Crippen molar-refractivity contribution in [1.82, 2.24) is 0 Å². The monoisotopic (exact) mass is 312 g/mol. The Kier molecular flexibility index (Phi) is 4.86. The van der Waals surface area contributed by atoms with Crippen molar-refractivity contribution in [1.29, 1.82) is 0 Å². The lowest BCUT2D eigenvalue weighted by molar-refractivity contribution is -0.115. The fraction of sp³-hybridized carbons (Fsp3) is 0.300. The Hall–Kier alpha value is -0.490. The molecule has 0 aliphatic carbocycles. The van der Waals surface area contributed by atoms with Crippen LogP contribution in [0.3, 0.4) is 0 Å². The second-order valence-corrected chi connectivity index (χ2v) is 4.67. The van der Waals surface area contributed by atoms with E-state index in [9.17, 15) is 18.0 Å². The van der Waals surface area contributed by atoms with Crippen LogP contribution in [0.1, 0.15) is 5.56 Å². The molecule has 0 atom stereocenters. The lowest BCUT2D eigenvalue weighted by atomic mass is 10.1. The molecule has 0 bridgehead atoms. The summed E-state index contributed by atoms with van der Waals surface area (Å²) >= 11 is 2.79. The first-order valence-corrected chi connectivity index (χ1v) is 6.27. The molecule has 6 heteroatoms. The van der Waals surface area contributed by atoms with E-state index in [1.54, 1.807) is 6.07 Å². The van der Waals surface area contributed by atoms with Crippen molar-refractivity contribution in [3.63, 3.8) is 0 Å². The largest absolute Gasteiger partial charge is 0.446 e. The van der Waals surface area contributed by atoms with E-state index in [1.807, 2.05) is 0 Å². The molecule has 0 fully saturated rings. The molecule has 0 amide bonds. The van der Waals surface area contributed by atoms with Crippen molar-refractivity contribution in [3.8, 4) is 0 Å². The van der Waals surface area contributed by atoms with Gasteiger partial charge in [0.25, 0.3) is 0 Å². The predicted octanol–water partition coefficient (Wildman–Crippen LogP) is 3.81. The Morgan fingerprint density at radius 3 is 2.50 bits per heavy atom. The smallest absolute Gasteiger partial charge is 0.298 e. The molecule has 1 aromatic rings. The number of carbonyl (C=O) groups excluding carboxylic acids is 1. The second kappa shape index (κ2) is 5.72. The normalized spacial score (nSPS) is 11.5. The summed E-state index contributed by atoms with van der Waals surface area (Å²) in [6.45, 7) is 0. The summed E-state index contributed by atoms with van der Waals surface area (Å²) in [5.41, 5.74) is -3.91. The number of ketones is 1. The first-order chi connectivity index (χ1) is 7.42. The Bertz CT molecular complexity index is 379. The summed E-state index contributed by atoms with van der Waals surface area (Å²) in [6, 6.07) is 6.05. The molecule has 0 unspecified atom stereocenters. The summed E-state index contributed by atoms with van der Waals surface area (Å²) in [7, 11) is 0. The topological polar surface area (TPSA) is 17.1 Å². The maximum atomic E-state index is 12.2. The summed E-state index contributed by atoms with van der Waals surface area (Å²) in [5.74, 6) is -0.143. The molecule has 1 aromatic carbocycles. The van der Waals surface area contributed by atoms with Crippen molar-refractivity contribution < 1.29 is 18.0 Å². The number of benzene rings is 1. The molecule has 0 N–H and O–H groups in total. The van der Waals surface area contributed by atoms with Gasteiger partial charge in [-0.2, -0.15) is 13.2 Å². The Morgan fingerprint density at radius 1 is 1.31 bits per heavy atom. The molecule has 16 heavy (non-hydrogen) atoms. The third-order valence-electron chi connectivity index (χ3n) is 1.73. The minimum atomic E-state index is -4.33. The van der Waals surface area contributed by atoms with Crippen LogP contribution in [0.2, 0.25) is 0 Å². The molecule has 0 spiro atoms. The van der Waals surface area contributed by atoms with E-state index in [4.69, 9.17) is 0 Å². The van der Waals surface area contributed by atoms with Crippen LogP contribution in [0.25, 0.3) is 0 Å². The number of carbonyl (C=O) groups is 1. The van der Waals surface area contributed by atoms with Crippen molar-refractivity contribution in [2.24, 2.45) is 0 Å². The van der Waals surface area contributed by atoms with Crippen LogP contribution in [0.5, 0.6) is 0 Å². The number of Topliss-reactive ketones (excluding diaryl/α,β-unsaturated/α-hetero) is 1. The van der Waals surface area contributed by atoms with Gasteiger partial charge in [-0.1, -0.05) is 34.1 Å². The van der Waals surface area contributed by atoms with Crippen LogP contribution in [-0.2, 0) is 11.2 Å². The van der Waals surface area contributed by atoms with Crippen molar-refractivity contribution in [3.05, 3.63) is 29.8 Å². The molecular weight excluding hydrogens is 305 g/mol. The average molecular weight is 313 g/mol. The maximum Gasteiger partial charge on any atom is 0.446 e. The predicted molar refractivity (Wildman–Crippen MR) is 60.9 cm³/mol. The van der Waals surface area contributed by atoms with Gasteiger partial charge in [0.1, 0.15) is 5.78 Å². The highest BCUT2D eigenvalue weighted by Gasteiger charge is 2.30. The zero-order valence-electron chi connectivity index (χ0n) is 8.05.